The minimum absolute atomic E-state index is 0.0620. The number of sulfone groups is 1. The van der Waals surface area contributed by atoms with Crippen molar-refractivity contribution in [1.29, 1.82) is 0 Å². The normalized spacial score (nSPS) is 12.0. The Morgan fingerprint density at radius 1 is 1.02 bits per heavy atom. The Labute approximate surface area is 235 Å². The number of pyridine rings is 3. The lowest BCUT2D eigenvalue weighted by Crippen LogP contribution is -2.09. The van der Waals surface area contributed by atoms with Crippen LogP contribution in [0.3, 0.4) is 0 Å². The highest BCUT2D eigenvalue weighted by Gasteiger charge is 2.18. The molecule has 0 radical (unpaired) electrons. The zero-order valence-corrected chi connectivity index (χ0v) is 23.4. The van der Waals surface area contributed by atoms with Crippen molar-refractivity contribution in [1.82, 2.24) is 35.1 Å². The number of rotatable bonds is 8. The van der Waals surface area contributed by atoms with Crippen LogP contribution in [0.5, 0.6) is 0 Å². The number of aryl methyl sites for hydroxylation is 1. The summed E-state index contributed by atoms with van der Waals surface area (Å²) in [5.74, 6) is -0.0188. The van der Waals surface area contributed by atoms with Crippen molar-refractivity contribution in [2.45, 2.75) is 26.3 Å². The second-order valence-corrected chi connectivity index (χ2v) is 12.6. The molecule has 0 aliphatic heterocycles. The molecule has 0 aliphatic rings. The molecule has 41 heavy (non-hydrogen) atoms. The number of aromatic amines is 2. The van der Waals surface area contributed by atoms with Crippen molar-refractivity contribution in [2.24, 2.45) is 0 Å². The number of aromatic nitrogens is 7. The van der Waals surface area contributed by atoms with Gasteiger partial charge in [0.15, 0.2) is 11.5 Å². The highest BCUT2D eigenvalue weighted by molar-refractivity contribution is 7.90. The molecule has 6 rings (SSSR count). The van der Waals surface area contributed by atoms with Gasteiger partial charge in [-0.1, -0.05) is 6.07 Å². The Balaban J connectivity index is 1.40. The maximum absolute atomic E-state index is 14.6. The molecule has 0 saturated carbocycles. The third-order valence-electron chi connectivity index (χ3n) is 6.58. The zero-order valence-electron chi connectivity index (χ0n) is 22.6. The molecular weight excluding hydrogens is 543 g/mol. The van der Waals surface area contributed by atoms with Crippen molar-refractivity contribution < 1.29 is 12.8 Å². The van der Waals surface area contributed by atoms with E-state index in [-0.39, 0.29) is 18.2 Å². The molecule has 0 bridgehead atoms. The first kappa shape index (κ1) is 26.5. The summed E-state index contributed by atoms with van der Waals surface area (Å²) in [6, 6.07) is 10.5. The molecule has 3 N–H and O–H groups in total. The molecule has 0 unspecified atom stereocenters. The van der Waals surface area contributed by atoms with Crippen LogP contribution in [0.4, 0.5) is 10.1 Å². The molecule has 0 aliphatic carbocycles. The number of nitrogens with one attached hydrogen (secondary N) is 3. The predicted molar refractivity (Wildman–Crippen MR) is 158 cm³/mol. The first-order chi connectivity index (χ1) is 19.6. The Kier molecular flexibility index (Phi) is 6.70. The van der Waals surface area contributed by atoms with Gasteiger partial charge in [0.05, 0.1) is 34.4 Å². The van der Waals surface area contributed by atoms with Crippen LogP contribution >= 0.6 is 0 Å². The number of H-pyrrole nitrogens is 2. The summed E-state index contributed by atoms with van der Waals surface area (Å²) in [6.07, 6.45) is 8.26. The van der Waals surface area contributed by atoms with Crippen LogP contribution in [0.25, 0.3) is 56.0 Å². The summed E-state index contributed by atoms with van der Waals surface area (Å²) in [5, 5.41) is 11.7. The fourth-order valence-corrected chi connectivity index (χ4v) is 5.37. The lowest BCUT2D eigenvalue weighted by Gasteiger charge is -2.10. The molecule has 10 nitrogen and oxygen atoms in total. The predicted octanol–water partition coefficient (Wildman–Crippen LogP) is 5.17. The van der Waals surface area contributed by atoms with Gasteiger partial charge in [-0.3, -0.25) is 15.1 Å². The minimum Gasteiger partial charge on any atom is -0.382 e. The van der Waals surface area contributed by atoms with Gasteiger partial charge in [0, 0.05) is 47.4 Å². The van der Waals surface area contributed by atoms with E-state index in [0.29, 0.717) is 39.4 Å². The number of anilines is 1. The summed E-state index contributed by atoms with van der Waals surface area (Å²) < 4.78 is 37.9. The number of fused-ring (bicyclic) bond motifs is 2. The number of halogens is 1. The van der Waals surface area contributed by atoms with E-state index in [1.54, 1.807) is 36.9 Å². The molecule has 0 saturated heterocycles. The van der Waals surface area contributed by atoms with Crippen LogP contribution in [0.15, 0.2) is 61.2 Å². The second kappa shape index (κ2) is 10.4. The number of hydrogen-bond acceptors (Lipinski definition) is 8. The second-order valence-electron chi connectivity index (χ2n) is 10.3. The van der Waals surface area contributed by atoms with Crippen molar-refractivity contribution in [3.8, 4) is 33.9 Å². The molecule has 0 fully saturated rings. The zero-order chi connectivity index (χ0) is 28.7. The number of imidazole rings is 1. The van der Waals surface area contributed by atoms with Gasteiger partial charge >= 0.3 is 0 Å². The molecule has 0 amide bonds. The van der Waals surface area contributed by atoms with Crippen LogP contribution in [0.2, 0.25) is 0 Å². The van der Waals surface area contributed by atoms with Gasteiger partial charge in [0.25, 0.3) is 0 Å². The van der Waals surface area contributed by atoms with E-state index in [4.69, 9.17) is 0 Å². The Morgan fingerprint density at radius 2 is 1.88 bits per heavy atom. The fourth-order valence-electron chi connectivity index (χ4n) is 4.76. The first-order valence-electron chi connectivity index (χ1n) is 13.0. The molecule has 12 heteroatoms. The minimum atomic E-state index is -3.18. The van der Waals surface area contributed by atoms with Crippen LogP contribution in [-0.2, 0) is 16.3 Å². The summed E-state index contributed by atoms with van der Waals surface area (Å²) >= 11 is 0. The molecule has 5 aromatic heterocycles. The molecule has 0 spiro atoms. The van der Waals surface area contributed by atoms with E-state index in [0.717, 1.165) is 27.8 Å². The van der Waals surface area contributed by atoms with Crippen molar-refractivity contribution in [3.05, 3.63) is 72.6 Å². The van der Waals surface area contributed by atoms with E-state index < -0.39 is 15.7 Å². The molecular formula is C29H27FN8O2S. The van der Waals surface area contributed by atoms with Crippen LogP contribution in [0.1, 0.15) is 19.4 Å². The highest BCUT2D eigenvalue weighted by Crippen LogP contribution is 2.33. The first-order valence-corrected chi connectivity index (χ1v) is 15.1. The monoisotopic (exact) mass is 570 g/mol. The average Bonchev–Trinajstić information content (AvgIpc) is 3.54. The topological polar surface area (TPSA) is 142 Å². The molecule has 208 valence electrons. The summed E-state index contributed by atoms with van der Waals surface area (Å²) in [7, 11) is -3.18. The summed E-state index contributed by atoms with van der Waals surface area (Å²) in [5.41, 5.74) is 6.76. The van der Waals surface area contributed by atoms with Gasteiger partial charge in [0.2, 0.25) is 0 Å². The largest absolute Gasteiger partial charge is 0.382 e. The standard InChI is InChI=1S/C29H27FN8O2S/c1-16(2)34-21-11-19(13-31-14-21)24-12-23-25(15-33-24)37-38-27(23)29-35-26-22(4-6-32-28(26)36-29)18-8-17(9-20(30)10-18)5-7-41(3,39)40/h4,6,8-16,34H,5,7H2,1-3H3,(H,37,38)(H,32,35,36). The number of hydrogen-bond donors (Lipinski definition) is 3. The summed E-state index contributed by atoms with van der Waals surface area (Å²) in [6.45, 7) is 4.13. The van der Waals surface area contributed by atoms with E-state index in [1.165, 1.54) is 18.4 Å². The average molecular weight is 571 g/mol. The lowest BCUT2D eigenvalue weighted by atomic mass is 10.0. The van der Waals surface area contributed by atoms with E-state index in [9.17, 15) is 12.8 Å². The molecule has 0 atom stereocenters. The maximum atomic E-state index is 14.6. The Hall–Kier alpha value is -4.71. The number of benzene rings is 1. The van der Waals surface area contributed by atoms with Gasteiger partial charge in [-0.2, -0.15) is 5.10 Å². The van der Waals surface area contributed by atoms with Crippen LogP contribution in [-0.4, -0.2) is 61.6 Å². The van der Waals surface area contributed by atoms with Crippen molar-refractivity contribution in [2.75, 3.05) is 17.3 Å². The van der Waals surface area contributed by atoms with E-state index in [2.05, 4.69) is 54.3 Å². The Bertz CT molecular complexity index is 2020. The molecule has 5 heterocycles. The van der Waals surface area contributed by atoms with Crippen LogP contribution in [0, 0.1) is 5.82 Å². The third kappa shape index (κ3) is 5.64. The van der Waals surface area contributed by atoms with E-state index in [1.807, 2.05) is 12.1 Å². The summed E-state index contributed by atoms with van der Waals surface area (Å²) in [4.78, 5) is 21.4. The van der Waals surface area contributed by atoms with Gasteiger partial charge in [-0.25, -0.2) is 22.8 Å². The highest BCUT2D eigenvalue weighted by atomic mass is 32.2. The quantitative estimate of drug-likeness (QED) is 0.227. The van der Waals surface area contributed by atoms with Gasteiger partial charge < -0.3 is 10.3 Å². The lowest BCUT2D eigenvalue weighted by molar-refractivity contribution is 0.600. The van der Waals surface area contributed by atoms with Crippen molar-refractivity contribution in [3.63, 3.8) is 0 Å². The smallest absolute Gasteiger partial charge is 0.178 e. The van der Waals surface area contributed by atoms with Gasteiger partial charge in [-0.05, 0) is 61.7 Å². The fraction of sp³-hybridized carbons (Fsp3) is 0.207. The Morgan fingerprint density at radius 3 is 2.68 bits per heavy atom. The molecule has 6 aromatic rings. The van der Waals surface area contributed by atoms with Gasteiger partial charge in [-0.15, -0.1) is 0 Å². The number of nitrogens with zero attached hydrogens (tertiary/aromatic N) is 5. The van der Waals surface area contributed by atoms with Crippen molar-refractivity contribution >= 4 is 37.6 Å². The van der Waals surface area contributed by atoms with E-state index >= 15 is 0 Å². The van der Waals surface area contributed by atoms with Gasteiger partial charge in [0.1, 0.15) is 21.3 Å². The van der Waals surface area contributed by atoms with Crippen LogP contribution < -0.4 is 5.32 Å². The third-order valence-corrected chi connectivity index (χ3v) is 7.53. The SMILES string of the molecule is CC(C)Nc1cncc(-c2cc3c(-c4nc5nccc(-c6cc(F)cc(CCS(C)(=O)=O)c6)c5[nH]4)n[nH]c3cn2)c1. The molecule has 1 aromatic carbocycles. The maximum Gasteiger partial charge on any atom is 0.178 e.